The molecule has 1 N–H and O–H groups in total. The summed E-state index contributed by atoms with van der Waals surface area (Å²) >= 11 is 11.5. The van der Waals surface area contributed by atoms with Crippen LogP contribution < -0.4 is 10.1 Å². The van der Waals surface area contributed by atoms with Gasteiger partial charge < -0.3 is 10.1 Å². The van der Waals surface area contributed by atoms with Crippen molar-refractivity contribution in [3.05, 3.63) is 21.6 Å². The highest BCUT2D eigenvalue weighted by atomic mass is 79.9. The molecule has 1 saturated heterocycles. The van der Waals surface area contributed by atoms with Crippen LogP contribution in [0.15, 0.2) is 16.6 Å². The van der Waals surface area contributed by atoms with E-state index in [0.717, 1.165) is 15.9 Å². The maximum absolute atomic E-state index is 6.07. The molecule has 1 aromatic carbocycles. The molecule has 1 aromatic rings. The molecule has 1 heterocycles. The van der Waals surface area contributed by atoms with Crippen molar-refractivity contribution in [1.82, 2.24) is 0 Å². The van der Waals surface area contributed by atoms with Gasteiger partial charge in [0, 0.05) is 16.3 Å². The summed E-state index contributed by atoms with van der Waals surface area (Å²) in [5.74, 6) is 2.03. The zero-order valence-electron chi connectivity index (χ0n) is 9.80. The number of ether oxygens (including phenoxy) is 1. The molecule has 0 aromatic heterocycles. The Morgan fingerprint density at radius 1 is 1.53 bits per heavy atom. The van der Waals surface area contributed by atoms with Crippen LogP contribution in [0, 0.1) is 0 Å². The lowest BCUT2D eigenvalue weighted by atomic mass is 10.1. The third-order valence-electron chi connectivity index (χ3n) is 2.93. The molecule has 17 heavy (non-hydrogen) atoms. The van der Waals surface area contributed by atoms with Crippen LogP contribution in [0.5, 0.6) is 5.75 Å². The van der Waals surface area contributed by atoms with Gasteiger partial charge in [-0.2, -0.15) is 11.8 Å². The standard InChI is InChI=1S/C12H15BrClNOS/c1-7-10(3-4-17-7)15-11-6-8(14)5-9(13)12(11)16-2/h5-7,10,15H,3-4H2,1-2H3. The Morgan fingerprint density at radius 3 is 2.88 bits per heavy atom. The Labute approximate surface area is 120 Å². The van der Waals surface area contributed by atoms with Gasteiger partial charge in [-0.05, 0) is 40.2 Å². The number of benzene rings is 1. The lowest BCUT2D eigenvalue weighted by Gasteiger charge is -2.20. The molecule has 2 rings (SSSR count). The van der Waals surface area contributed by atoms with Crippen LogP contribution in [0.25, 0.3) is 0 Å². The molecule has 1 aliphatic heterocycles. The lowest BCUT2D eigenvalue weighted by Crippen LogP contribution is -2.25. The summed E-state index contributed by atoms with van der Waals surface area (Å²) in [6, 6.07) is 4.25. The number of methoxy groups -OCH3 is 1. The molecule has 5 heteroatoms. The van der Waals surface area contributed by atoms with Crippen LogP contribution in [0.1, 0.15) is 13.3 Å². The minimum Gasteiger partial charge on any atom is -0.493 e. The molecule has 2 nitrogen and oxygen atoms in total. The summed E-state index contributed by atoms with van der Waals surface area (Å²) in [5, 5.41) is 4.86. The number of hydrogen-bond acceptors (Lipinski definition) is 3. The van der Waals surface area contributed by atoms with Crippen molar-refractivity contribution in [2.45, 2.75) is 24.6 Å². The molecule has 0 spiro atoms. The molecule has 0 amide bonds. The quantitative estimate of drug-likeness (QED) is 0.883. The van der Waals surface area contributed by atoms with Crippen molar-refractivity contribution in [1.29, 1.82) is 0 Å². The topological polar surface area (TPSA) is 21.3 Å². The van der Waals surface area contributed by atoms with Gasteiger partial charge in [-0.25, -0.2) is 0 Å². The highest BCUT2D eigenvalue weighted by Gasteiger charge is 2.25. The van der Waals surface area contributed by atoms with Gasteiger partial charge in [0.1, 0.15) is 0 Å². The van der Waals surface area contributed by atoms with E-state index in [-0.39, 0.29) is 0 Å². The molecular formula is C12H15BrClNOS. The minimum atomic E-state index is 0.485. The SMILES string of the molecule is COc1c(Br)cc(Cl)cc1NC1CCSC1C. The molecular weight excluding hydrogens is 322 g/mol. The van der Waals surface area contributed by atoms with Gasteiger partial charge in [-0.15, -0.1) is 0 Å². The molecule has 1 aliphatic rings. The summed E-state index contributed by atoms with van der Waals surface area (Å²) in [5.41, 5.74) is 0.964. The van der Waals surface area contributed by atoms with E-state index in [1.54, 1.807) is 7.11 Å². The van der Waals surface area contributed by atoms with Crippen molar-refractivity contribution in [2.75, 3.05) is 18.2 Å². The Bertz CT molecular complexity index is 416. The average Bonchev–Trinajstić information content (AvgIpc) is 2.64. The minimum absolute atomic E-state index is 0.485. The van der Waals surface area contributed by atoms with Crippen molar-refractivity contribution in [3.8, 4) is 5.75 Å². The summed E-state index contributed by atoms with van der Waals surface area (Å²) in [7, 11) is 1.67. The van der Waals surface area contributed by atoms with E-state index >= 15 is 0 Å². The number of hydrogen-bond donors (Lipinski definition) is 1. The molecule has 94 valence electrons. The monoisotopic (exact) mass is 335 g/mol. The van der Waals surface area contributed by atoms with Crippen molar-refractivity contribution < 1.29 is 4.74 Å². The maximum atomic E-state index is 6.07. The molecule has 0 aliphatic carbocycles. The van der Waals surface area contributed by atoms with Crippen LogP contribution in [0.2, 0.25) is 5.02 Å². The Hall–Kier alpha value is -0.0600. The Kier molecular flexibility index (Phi) is 4.50. The first-order valence-electron chi connectivity index (χ1n) is 5.53. The van der Waals surface area contributed by atoms with Crippen LogP contribution >= 0.6 is 39.3 Å². The second kappa shape index (κ2) is 5.72. The van der Waals surface area contributed by atoms with Crippen LogP contribution in [0.4, 0.5) is 5.69 Å². The summed E-state index contributed by atoms with van der Waals surface area (Å²) in [6.07, 6.45) is 1.18. The molecule has 1 fully saturated rings. The third-order valence-corrected chi connectivity index (χ3v) is 5.06. The first kappa shape index (κ1) is 13.4. The van der Waals surface area contributed by atoms with E-state index < -0.39 is 0 Å². The molecule has 0 saturated carbocycles. The first-order valence-corrected chi connectivity index (χ1v) is 7.75. The Morgan fingerprint density at radius 2 is 2.29 bits per heavy atom. The highest BCUT2D eigenvalue weighted by Crippen LogP contribution is 2.38. The normalized spacial score (nSPS) is 23.8. The fourth-order valence-corrected chi connectivity index (χ4v) is 4.17. The van der Waals surface area contributed by atoms with Crippen LogP contribution in [-0.2, 0) is 0 Å². The number of nitrogens with one attached hydrogen (secondary N) is 1. The van der Waals surface area contributed by atoms with E-state index in [1.165, 1.54) is 12.2 Å². The van der Waals surface area contributed by atoms with Gasteiger partial charge in [-0.3, -0.25) is 0 Å². The largest absolute Gasteiger partial charge is 0.493 e. The maximum Gasteiger partial charge on any atom is 0.156 e. The average molecular weight is 337 g/mol. The highest BCUT2D eigenvalue weighted by molar-refractivity contribution is 9.10. The van der Waals surface area contributed by atoms with Gasteiger partial charge in [0.25, 0.3) is 0 Å². The first-order chi connectivity index (χ1) is 8.11. The van der Waals surface area contributed by atoms with Gasteiger partial charge in [0.05, 0.1) is 17.3 Å². The van der Waals surface area contributed by atoms with E-state index in [2.05, 4.69) is 28.2 Å². The van der Waals surface area contributed by atoms with E-state index in [4.69, 9.17) is 16.3 Å². The molecule has 2 unspecified atom stereocenters. The van der Waals surface area contributed by atoms with Crippen molar-refractivity contribution >= 4 is 45.0 Å². The molecule has 2 atom stereocenters. The number of halogens is 2. The van der Waals surface area contributed by atoms with E-state index in [0.29, 0.717) is 16.3 Å². The van der Waals surface area contributed by atoms with Gasteiger partial charge in [0.2, 0.25) is 0 Å². The second-order valence-electron chi connectivity index (χ2n) is 4.08. The van der Waals surface area contributed by atoms with Gasteiger partial charge >= 0.3 is 0 Å². The molecule has 0 bridgehead atoms. The predicted molar refractivity (Wildman–Crippen MR) is 79.7 cm³/mol. The zero-order chi connectivity index (χ0) is 12.4. The fourth-order valence-electron chi connectivity index (χ4n) is 2.00. The van der Waals surface area contributed by atoms with Gasteiger partial charge in [-0.1, -0.05) is 18.5 Å². The fraction of sp³-hybridized carbons (Fsp3) is 0.500. The predicted octanol–water partition coefficient (Wildman–Crippen LogP) is 4.42. The van der Waals surface area contributed by atoms with Crippen molar-refractivity contribution in [2.24, 2.45) is 0 Å². The Balaban J connectivity index is 2.24. The number of anilines is 1. The zero-order valence-corrected chi connectivity index (χ0v) is 13.0. The van der Waals surface area contributed by atoms with E-state index in [9.17, 15) is 0 Å². The van der Waals surface area contributed by atoms with Crippen LogP contribution in [-0.4, -0.2) is 24.2 Å². The lowest BCUT2D eigenvalue weighted by molar-refractivity contribution is 0.413. The third kappa shape index (κ3) is 3.04. The number of rotatable bonds is 3. The second-order valence-corrected chi connectivity index (χ2v) is 6.86. The van der Waals surface area contributed by atoms with Crippen LogP contribution in [0.3, 0.4) is 0 Å². The summed E-state index contributed by atoms with van der Waals surface area (Å²) < 4.78 is 6.28. The molecule has 0 radical (unpaired) electrons. The summed E-state index contributed by atoms with van der Waals surface area (Å²) in [4.78, 5) is 0. The summed E-state index contributed by atoms with van der Waals surface area (Å²) in [6.45, 7) is 2.25. The number of thioether (sulfide) groups is 1. The van der Waals surface area contributed by atoms with Crippen molar-refractivity contribution in [3.63, 3.8) is 0 Å². The van der Waals surface area contributed by atoms with Gasteiger partial charge in [0.15, 0.2) is 5.75 Å². The van der Waals surface area contributed by atoms with E-state index in [1.807, 2.05) is 23.9 Å². The smallest absolute Gasteiger partial charge is 0.156 e.